The average molecular weight is 305 g/mol. The first kappa shape index (κ1) is 13.6. The van der Waals surface area contributed by atoms with Crippen LogP contribution in [0.3, 0.4) is 0 Å². The molecule has 5 nitrogen and oxygen atoms in total. The Morgan fingerprint density at radius 1 is 1.09 bits per heavy atom. The van der Waals surface area contributed by atoms with Gasteiger partial charge in [-0.15, -0.1) is 0 Å². The number of carbonyl (C=O) groups is 2. The number of nitrogens with zero attached hydrogens (tertiary/aromatic N) is 1. The summed E-state index contributed by atoms with van der Waals surface area (Å²) in [5.74, 6) is -1.55. The van der Waals surface area contributed by atoms with Gasteiger partial charge in [0.1, 0.15) is 0 Å². The number of carboxylic acids is 1. The largest absolute Gasteiger partial charge is 0.548 e. The van der Waals surface area contributed by atoms with Crippen LogP contribution in [0.15, 0.2) is 54.7 Å². The Morgan fingerprint density at radius 2 is 1.83 bits per heavy atom. The fraction of sp³-hybridized carbons (Fsp3) is 0.111. The minimum atomic E-state index is -1.27. The smallest absolute Gasteiger partial charge is 0.255 e. The maximum absolute atomic E-state index is 12.6. The van der Waals surface area contributed by atoms with Crippen molar-refractivity contribution in [2.45, 2.75) is 6.04 Å². The third-order valence-corrected chi connectivity index (χ3v) is 4.27. The zero-order chi connectivity index (χ0) is 16.0. The van der Waals surface area contributed by atoms with Gasteiger partial charge in [0.15, 0.2) is 0 Å². The van der Waals surface area contributed by atoms with Gasteiger partial charge in [0.2, 0.25) is 0 Å². The van der Waals surface area contributed by atoms with Crippen LogP contribution in [0.2, 0.25) is 0 Å². The zero-order valence-electron chi connectivity index (χ0n) is 12.2. The van der Waals surface area contributed by atoms with E-state index in [2.05, 4.69) is 4.98 Å². The molecule has 0 spiro atoms. The molecule has 0 saturated heterocycles. The number of aromatic nitrogens is 1. The van der Waals surface area contributed by atoms with Crippen molar-refractivity contribution >= 4 is 22.8 Å². The quantitative estimate of drug-likeness (QED) is 0.796. The van der Waals surface area contributed by atoms with E-state index in [1.165, 1.54) is 4.90 Å². The lowest BCUT2D eigenvalue weighted by Crippen LogP contribution is -2.40. The molecule has 0 radical (unpaired) electrons. The number of benzene rings is 2. The van der Waals surface area contributed by atoms with E-state index in [1.807, 2.05) is 42.6 Å². The lowest BCUT2D eigenvalue weighted by Gasteiger charge is -2.25. The van der Waals surface area contributed by atoms with E-state index < -0.39 is 18.6 Å². The van der Waals surface area contributed by atoms with Gasteiger partial charge in [-0.3, -0.25) is 4.79 Å². The van der Waals surface area contributed by atoms with Crippen LogP contribution in [0.5, 0.6) is 0 Å². The number of hydrogen-bond acceptors (Lipinski definition) is 3. The van der Waals surface area contributed by atoms with E-state index >= 15 is 0 Å². The van der Waals surface area contributed by atoms with E-state index in [0.717, 1.165) is 22.0 Å². The number of carbonyl (C=O) groups excluding carboxylic acids is 2. The fourth-order valence-electron chi connectivity index (χ4n) is 3.33. The van der Waals surface area contributed by atoms with Gasteiger partial charge >= 0.3 is 0 Å². The second kappa shape index (κ2) is 4.98. The predicted molar refractivity (Wildman–Crippen MR) is 82.6 cm³/mol. The Balaban J connectivity index is 1.93. The molecule has 1 atom stereocenters. The molecule has 0 bridgehead atoms. The number of nitrogens with one attached hydrogen (secondary N) is 1. The molecular weight excluding hydrogens is 292 g/mol. The van der Waals surface area contributed by atoms with E-state index in [1.54, 1.807) is 12.1 Å². The normalized spacial score (nSPS) is 16.8. The van der Waals surface area contributed by atoms with Gasteiger partial charge in [-0.1, -0.05) is 36.4 Å². The highest BCUT2D eigenvalue weighted by molar-refractivity contribution is 6.02. The number of amides is 1. The average Bonchev–Trinajstić information content (AvgIpc) is 3.08. The Labute approximate surface area is 132 Å². The number of carboxylic acid groups (broad SMARTS) is 1. The number of aromatic amines is 1. The monoisotopic (exact) mass is 305 g/mol. The van der Waals surface area contributed by atoms with Gasteiger partial charge < -0.3 is 19.8 Å². The summed E-state index contributed by atoms with van der Waals surface area (Å²) in [7, 11) is 0. The number of fused-ring (bicyclic) bond motifs is 2. The van der Waals surface area contributed by atoms with Crippen LogP contribution in [0.1, 0.15) is 27.5 Å². The van der Waals surface area contributed by atoms with Crippen LogP contribution in [0.4, 0.5) is 0 Å². The Bertz CT molecular complexity index is 929. The van der Waals surface area contributed by atoms with Crippen molar-refractivity contribution in [3.05, 3.63) is 71.4 Å². The fourth-order valence-corrected chi connectivity index (χ4v) is 3.33. The molecule has 5 heteroatoms. The van der Waals surface area contributed by atoms with E-state index in [-0.39, 0.29) is 5.91 Å². The summed E-state index contributed by atoms with van der Waals surface area (Å²) in [5.41, 5.74) is 3.21. The maximum atomic E-state index is 12.6. The highest BCUT2D eigenvalue weighted by Crippen LogP contribution is 2.40. The number of hydrogen-bond donors (Lipinski definition) is 1. The minimum Gasteiger partial charge on any atom is -0.548 e. The second-order valence-electron chi connectivity index (χ2n) is 5.58. The van der Waals surface area contributed by atoms with Gasteiger partial charge in [0.25, 0.3) is 5.91 Å². The Morgan fingerprint density at radius 3 is 2.65 bits per heavy atom. The third-order valence-electron chi connectivity index (χ3n) is 4.27. The van der Waals surface area contributed by atoms with Gasteiger partial charge in [0.05, 0.1) is 18.6 Å². The van der Waals surface area contributed by atoms with Gasteiger partial charge in [0, 0.05) is 28.2 Å². The van der Waals surface area contributed by atoms with Gasteiger partial charge in [-0.05, 0) is 17.7 Å². The molecule has 2 heterocycles. The van der Waals surface area contributed by atoms with E-state index in [9.17, 15) is 14.7 Å². The number of H-pyrrole nitrogens is 1. The molecule has 0 fully saturated rings. The highest BCUT2D eigenvalue weighted by atomic mass is 16.4. The zero-order valence-corrected chi connectivity index (χ0v) is 12.2. The summed E-state index contributed by atoms with van der Waals surface area (Å²) in [5, 5.41) is 12.1. The van der Waals surface area contributed by atoms with Crippen molar-refractivity contribution in [2.24, 2.45) is 0 Å². The van der Waals surface area contributed by atoms with Crippen LogP contribution in [-0.4, -0.2) is 28.3 Å². The summed E-state index contributed by atoms with van der Waals surface area (Å²) >= 11 is 0. The molecule has 1 N–H and O–H groups in total. The lowest BCUT2D eigenvalue weighted by molar-refractivity contribution is -0.305. The lowest BCUT2D eigenvalue weighted by atomic mass is 9.97. The third kappa shape index (κ3) is 2.01. The summed E-state index contributed by atoms with van der Waals surface area (Å²) in [4.78, 5) is 28.3. The van der Waals surface area contributed by atoms with E-state index in [4.69, 9.17) is 0 Å². The standard InChI is InChI=1S/C18H14N2O3/c21-16(22)10-20-17(12-6-1-2-7-13(12)18(20)23)14-9-19-15-8-4-3-5-11(14)15/h1-9,17,19H,10H2,(H,21,22)/p-1/t17-/m1/s1. The molecule has 1 aromatic heterocycles. The number of aliphatic carboxylic acids is 1. The van der Waals surface area contributed by atoms with Crippen LogP contribution < -0.4 is 5.11 Å². The van der Waals surface area contributed by atoms with Crippen molar-refractivity contribution in [3.63, 3.8) is 0 Å². The van der Waals surface area contributed by atoms with Crippen LogP contribution in [0.25, 0.3) is 10.9 Å². The second-order valence-corrected chi connectivity index (χ2v) is 5.58. The number of para-hydroxylation sites is 1. The van der Waals surface area contributed by atoms with Crippen molar-refractivity contribution in [3.8, 4) is 0 Å². The molecule has 2 aromatic carbocycles. The molecule has 0 aliphatic carbocycles. The van der Waals surface area contributed by atoms with Gasteiger partial charge in [-0.2, -0.15) is 0 Å². The van der Waals surface area contributed by atoms with Crippen LogP contribution >= 0.6 is 0 Å². The van der Waals surface area contributed by atoms with Crippen molar-refractivity contribution in [1.82, 2.24) is 9.88 Å². The highest BCUT2D eigenvalue weighted by Gasteiger charge is 2.38. The SMILES string of the molecule is O=C([O-])CN1C(=O)c2ccccc2[C@@H]1c1c[nH]c2ccccc12. The Hall–Kier alpha value is -3.08. The van der Waals surface area contributed by atoms with Crippen LogP contribution in [0, 0.1) is 0 Å². The summed E-state index contributed by atoms with van der Waals surface area (Å²) in [6.07, 6.45) is 1.84. The summed E-state index contributed by atoms with van der Waals surface area (Å²) in [6, 6.07) is 14.6. The van der Waals surface area contributed by atoms with Crippen molar-refractivity contribution in [2.75, 3.05) is 6.54 Å². The topological polar surface area (TPSA) is 76.2 Å². The molecule has 1 aliphatic rings. The van der Waals surface area contributed by atoms with Crippen LogP contribution in [-0.2, 0) is 4.79 Å². The first-order valence-electron chi connectivity index (χ1n) is 7.32. The summed E-state index contributed by atoms with van der Waals surface area (Å²) in [6.45, 7) is -0.433. The number of rotatable bonds is 3. The molecule has 4 rings (SSSR count). The molecular formula is C18H13N2O3-. The summed E-state index contributed by atoms with van der Waals surface area (Å²) < 4.78 is 0. The molecule has 0 unspecified atom stereocenters. The molecule has 3 aromatic rings. The first-order chi connectivity index (χ1) is 11.2. The molecule has 0 saturated carbocycles. The predicted octanol–water partition coefficient (Wildman–Crippen LogP) is 1.46. The molecule has 1 aliphatic heterocycles. The van der Waals surface area contributed by atoms with Gasteiger partial charge in [-0.25, -0.2) is 0 Å². The molecule has 114 valence electrons. The Kier molecular flexibility index (Phi) is 2.94. The molecule has 23 heavy (non-hydrogen) atoms. The van der Waals surface area contributed by atoms with Crippen molar-refractivity contribution in [1.29, 1.82) is 0 Å². The van der Waals surface area contributed by atoms with E-state index in [0.29, 0.717) is 5.56 Å². The first-order valence-corrected chi connectivity index (χ1v) is 7.32. The van der Waals surface area contributed by atoms with Crippen molar-refractivity contribution < 1.29 is 14.7 Å². The minimum absolute atomic E-state index is 0.278. The molecule has 1 amide bonds. The maximum Gasteiger partial charge on any atom is 0.255 e.